The normalized spacial score (nSPS) is 13.9. The molecule has 0 bridgehead atoms. The SMILES string of the molecule is CC1(C)CCC(C)(C)c2cc(-c3ccc(-c4ccc(-n5c6ccccc6c6ccc7c8ccccc8n(-c8nc(-c9ccc(-c%10ccccc%10)cc9)nc(-c9cccc(-c%10ccccc%10)c9)n8)c7c65)cc4)cc3)ccc21. The molecule has 76 heavy (non-hydrogen) atoms. The van der Waals surface area contributed by atoms with E-state index >= 15 is 0 Å². The van der Waals surface area contributed by atoms with Gasteiger partial charge in [0.2, 0.25) is 5.95 Å². The Balaban J connectivity index is 0.927. The van der Waals surface area contributed by atoms with Crippen molar-refractivity contribution in [3.63, 3.8) is 0 Å². The number of rotatable bonds is 8. The zero-order valence-corrected chi connectivity index (χ0v) is 43.2. The molecule has 0 atom stereocenters. The molecule has 0 amide bonds. The Kier molecular flexibility index (Phi) is 10.6. The fraction of sp³-hybridized carbons (Fsp3) is 0.113. The predicted molar refractivity (Wildman–Crippen MR) is 316 cm³/mol. The second-order valence-corrected chi connectivity index (χ2v) is 21.9. The molecule has 1 aliphatic rings. The average Bonchev–Trinajstić information content (AvgIpc) is 4.04. The summed E-state index contributed by atoms with van der Waals surface area (Å²) in [6.07, 6.45) is 2.41. The van der Waals surface area contributed by atoms with Gasteiger partial charge in [0, 0.05) is 38.4 Å². The van der Waals surface area contributed by atoms with Gasteiger partial charge in [0.05, 0.1) is 22.1 Å². The lowest BCUT2D eigenvalue weighted by molar-refractivity contribution is 0.332. The van der Waals surface area contributed by atoms with E-state index in [0.29, 0.717) is 17.6 Å². The molecule has 0 saturated carbocycles. The molecule has 0 spiro atoms. The van der Waals surface area contributed by atoms with Crippen molar-refractivity contribution in [1.82, 2.24) is 24.1 Å². The zero-order valence-electron chi connectivity index (χ0n) is 43.2. The Hall–Kier alpha value is -9.19. The highest BCUT2D eigenvalue weighted by molar-refractivity contribution is 6.23. The molecule has 3 aromatic heterocycles. The minimum Gasteiger partial charge on any atom is -0.307 e. The molecule has 14 rings (SSSR count). The van der Waals surface area contributed by atoms with Crippen LogP contribution in [-0.4, -0.2) is 24.1 Å². The monoisotopic (exact) mass is 977 g/mol. The standard InChI is InChI=1S/C71H55N5/c1-70(2)42-43-71(3,4)62-45-54(36-41-61(62)70)51-28-26-49(27-29-51)50-34-37-56(38-35-50)75-63-24-13-11-22-57(63)59-39-40-60-58-23-12-14-25-64(58)76(66(60)65(59)75)69-73-67(52-32-30-48(31-33-52)46-16-7-5-8-17-46)72-68(74-69)55-21-15-20-53(44-55)47-18-9-6-10-19-47/h5-41,44-45H,42-43H2,1-4H3. The van der Waals surface area contributed by atoms with Gasteiger partial charge in [-0.25, -0.2) is 4.98 Å². The number of para-hydroxylation sites is 2. The Morgan fingerprint density at radius 3 is 1.32 bits per heavy atom. The lowest BCUT2D eigenvalue weighted by Gasteiger charge is -2.42. The summed E-state index contributed by atoms with van der Waals surface area (Å²) in [7, 11) is 0. The highest BCUT2D eigenvalue weighted by atomic mass is 15.2. The second kappa shape index (κ2) is 17.7. The maximum absolute atomic E-state index is 5.47. The van der Waals surface area contributed by atoms with Crippen LogP contribution in [-0.2, 0) is 10.8 Å². The molecule has 364 valence electrons. The zero-order chi connectivity index (χ0) is 51.1. The Morgan fingerprint density at radius 1 is 0.303 bits per heavy atom. The number of hydrogen-bond donors (Lipinski definition) is 0. The topological polar surface area (TPSA) is 48.5 Å². The van der Waals surface area contributed by atoms with Crippen LogP contribution in [0.1, 0.15) is 51.7 Å². The van der Waals surface area contributed by atoms with Crippen LogP contribution in [0, 0.1) is 0 Å². The van der Waals surface area contributed by atoms with Gasteiger partial charge in [0.1, 0.15) is 0 Å². The fourth-order valence-corrected chi connectivity index (χ4v) is 12.0. The quantitative estimate of drug-likeness (QED) is 0.152. The maximum atomic E-state index is 5.47. The lowest BCUT2D eigenvalue weighted by Crippen LogP contribution is -2.33. The summed E-state index contributed by atoms with van der Waals surface area (Å²) in [6.45, 7) is 9.59. The summed E-state index contributed by atoms with van der Waals surface area (Å²) >= 11 is 0. The first kappa shape index (κ1) is 45.4. The van der Waals surface area contributed by atoms with Crippen LogP contribution in [0.5, 0.6) is 0 Å². The van der Waals surface area contributed by atoms with Crippen LogP contribution < -0.4 is 0 Å². The van der Waals surface area contributed by atoms with Gasteiger partial charge in [-0.15, -0.1) is 0 Å². The highest BCUT2D eigenvalue weighted by Gasteiger charge is 2.37. The van der Waals surface area contributed by atoms with Crippen molar-refractivity contribution in [2.75, 3.05) is 0 Å². The van der Waals surface area contributed by atoms with Crippen LogP contribution in [0.3, 0.4) is 0 Å². The van der Waals surface area contributed by atoms with E-state index in [4.69, 9.17) is 15.0 Å². The van der Waals surface area contributed by atoms with Gasteiger partial charge >= 0.3 is 0 Å². The largest absolute Gasteiger partial charge is 0.307 e. The van der Waals surface area contributed by atoms with Crippen LogP contribution in [0.15, 0.2) is 237 Å². The summed E-state index contributed by atoms with van der Waals surface area (Å²) < 4.78 is 4.71. The van der Waals surface area contributed by atoms with E-state index in [0.717, 1.165) is 77.3 Å². The molecule has 10 aromatic carbocycles. The molecule has 0 aliphatic heterocycles. The van der Waals surface area contributed by atoms with Crippen molar-refractivity contribution in [2.24, 2.45) is 0 Å². The molecule has 5 heteroatoms. The van der Waals surface area contributed by atoms with E-state index in [-0.39, 0.29) is 10.8 Å². The third kappa shape index (κ3) is 7.64. The molecule has 3 heterocycles. The van der Waals surface area contributed by atoms with Gasteiger partial charge in [0.15, 0.2) is 11.6 Å². The van der Waals surface area contributed by atoms with Gasteiger partial charge in [-0.2, -0.15) is 9.97 Å². The number of hydrogen-bond acceptors (Lipinski definition) is 3. The molecule has 0 saturated heterocycles. The van der Waals surface area contributed by atoms with E-state index < -0.39 is 0 Å². The molecular formula is C71H55N5. The van der Waals surface area contributed by atoms with Crippen molar-refractivity contribution in [1.29, 1.82) is 0 Å². The Bertz CT molecular complexity index is 4350. The predicted octanol–water partition coefficient (Wildman–Crippen LogP) is 18.4. The number of fused-ring (bicyclic) bond motifs is 8. The maximum Gasteiger partial charge on any atom is 0.238 e. The van der Waals surface area contributed by atoms with E-state index in [1.165, 1.54) is 51.6 Å². The average molecular weight is 978 g/mol. The van der Waals surface area contributed by atoms with Crippen molar-refractivity contribution >= 4 is 43.6 Å². The van der Waals surface area contributed by atoms with E-state index in [1.54, 1.807) is 0 Å². The molecule has 0 N–H and O–H groups in total. The van der Waals surface area contributed by atoms with E-state index in [9.17, 15) is 0 Å². The van der Waals surface area contributed by atoms with Crippen molar-refractivity contribution in [3.05, 3.63) is 248 Å². The van der Waals surface area contributed by atoms with Gasteiger partial charge < -0.3 is 4.57 Å². The first-order chi connectivity index (χ1) is 37.1. The van der Waals surface area contributed by atoms with E-state index in [2.05, 4.69) is 267 Å². The molecule has 1 aliphatic carbocycles. The first-order valence-electron chi connectivity index (χ1n) is 26.6. The summed E-state index contributed by atoms with van der Waals surface area (Å²) in [5.41, 5.74) is 19.9. The molecule has 0 fully saturated rings. The van der Waals surface area contributed by atoms with Crippen molar-refractivity contribution in [2.45, 2.75) is 51.4 Å². The smallest absolute Gasteiger partial charge is 0.238 e. The Morgan fingerprint density at radius 2 is 0.711 bits per heavy atom. The summed E-state index contributed by atoms with van der Waals surface area (Å²) in [5, 5.41) is 4.58. The van der Waals surface area contributed by atoms with Gasteiger partial charge in [-0.05, 0) is 110 Å². The Labute approximate surface area is 443 Å². The van der Waals surface area contributed by atoms with Gasteiger partial charge in [-0.1, -0.05) is 234 Å². The summed E-state index contributed by atoms with van der Waals surface area (Å²) in [4.78, 5) is 16.2. The first-order valence-corrected chi connectivity index (χ1v) is 26.6. The van der Waals surface area contributed by atoms with Gasteiger partial charge in [-0.3, -0.25) is 4.57 Å². The minimum atomic E-state index is 0.161. The third-order valence-electron chi connectivity index (χ3n) is 16.3. The second-order valence-electron chi connectivity index (χ2n) is 21.9. The summed E-state index contributed by atoms with van der Waals surface area (Å²) in [6, 6.07) is 85.4. The molecule has 5 nitrogen and oxygen atoms in total. The third-order valence-corrected chi connectivity index (χ3v) is 16.3. The molecular weight excluding hydrogens is 923 g/mol. The van der Waals surface area contributed by atoms with Gasteiger partial charge in [0.25, 0.3) is 0 Å². The van der Waals surface area contributed by atoms with Crippen LogP contribution in [0.4, 0.5) is 0 Å². The van der Waals surface area contributed by atoms with Crippen molar-refractivity contribution in [3.8, 4) is 78.9 Å². The number of nitrogens with zero attached hydrogens (tertiary/aromatic N) is 5. The van der Waals surface area contributed by atoms with Crippen LogP contribution in [0.25, 0.3) is 123 Å². The number of benzene rings is 10. The fourth-order valence-electron chi connectivity index (χ4n) is 12.0. The molecule has 0 radical (unpaired) electrons. The van der Waals surface area contributed by atoms with Crippen molar-refractivity contribution < 1.29 is 0 Å². The minimum absolute atomic E-state index is 0.161. The van der Waals surface area contributed by atoms with E-state index in [1.807, 2.05) is 6.07 Å². The van der Waals surface area contributed by atoms with Crippen LogP contribution >= 0.6 is 0 Å². The molecule has 0 unspecified atom stereocenters. The lowest BCUT2D eigenvalue weighted by atomic mass is 9.63. The highest BCUT2D eigenvalue weighted by Crippen LogP contribution is 2.47. The van der Waals surface area contributed by atoms with Crippen LogP contribution in [0.2, 0.25) is 0 Å². The summed E-state index contributed by atoms with van der Waals surface area (Å²) in [5.74, 6) is 1.75. The number of aromatic nitrogens is 5. The molecule has 13 aromatic rings.